The van der Waals surface area contributed by atoms with Crippen molar-refractivity contribution in [2.45, 2.75) is 26.2 Å². The van der Waals surface area contributed by atoms with Crippen molar-refractivity contribution < 1.29 is 14.4 Å². The van der Waals surface area contributed by atoms with Crippen molar-refractivity contribution in [3.63, 3.8) is 0 Å². The second kappa shape index (κ2) is 6.76. The number of likely N-dealkylation sites (tertiary alicyclic amines) is 3. The van der Waals surface area contributed by atoms with Gasteiger partial charge in [0.2, 0.25) is 11.8 Å². The summed E-state index contributed by atoms with van der Waals surface area (Å²) < 4.78 is 0. The zero-order valence-electron chi connectivity index (χ0n) is 16.4. The van der Waals surface area contributed by atoms with E-state index in [0.717, 1.165) is 25.8 Å². The number of carbonyl (C=O) groups is 3. The summed E-state index contributed by atoms with van der Waals surface area (Å²) in [5.41, 5.74) is -0.156. The first-order chi connectivity index (χ1) is 13.3. The molecular formula is C21H26ClN3O3. The van der Waals surface area contributed by atoms with Crippen molar-refractivity contribution in [1.29, 1.82) is 0 Å². The molecule has 6 nitrogen and oxygen atoms in total. The minimum absolute atomic E-state index is 0.0241. The number of carbonyl (C=O) groups excluding carboxylic acids is 3. The molecule has 0 N–H and O–H groups in total. The fourth-order valence-corrected chi connectivity index (χ4v) is 5.63. The normalized spacial score (nSPS) is 26.5. The summed E-state index contributed by atoms with van der Waals surface area (Å²) in [5, 5.41) is 0.547. The van der Waals surface area contributed by atoms with Gasteiger partial charge in [-0.05, 0) is 37.5 Å². The van der Waals surface area contributed by atoms with Gasteiger partial charge < -0.3 is 14.7 Å². The van der Waals surface area contributed by atoms with Gasteiger partial charge in [-0.25, -0.2) is 0 Å². The predicted octanol–water partition coefficient (Wildman–Crippen LogP) is 2.27. The molecule has 3 aliphatic rings. The van der Waals surface area contributed by atoms with Gasteiger partial charge in [-0.2, -0.15) is 0 Å². The average molecular weight is 404 g/mol. The number of hydrogen-bond acceptors (Lipinski definition) is 3. The van der Waals surface area contributed by atoms with E-state index in [9.17, 15) is 14.4 Å². The third kappa shape index (κ3) is 2.81. The van der Waals surface area contributed by atoms with Crippen LogP contribution in [0.3, 0.4) is 0 Å². The molecule has 1 aromatic carbocycles. The first-order valence-corrected chi connectivity index (χ1v) is 10.2. The molecule has 3 amide bonds. The van der Waals surface area contributed by atoms with Crippen LogP contribution in [0, 0.1) is 10.8 Å². The lowest BCUT2D eigenvalue weighted by Gasteiger charge is -2.46. The lowest BCUT2D eigenvalue weighted by molar-refractivity contribution is -0.141. The first-order valence-electron chi connectivity index (χ1n) is 9.84. The number of amides is 3. The van der Waals surface area contributed by atoms with Crippen LogP contribution in [0.2, 0.25) is 5.02 Å². The molecule has 150 valence electrons. The molecule has 3 aliphatic heterocycles. The lowest BCUT2D eigenvalue weighted by atomic mass is 9.60. The zero-order valence-corrected chi connectivity index (χ0v) is 17.2. The highest BCUT2D eigenvalue weighted by atomic mass is 35.5. The van der Waals surface area contributed by atoms with E-state index in [4.69, 9.17) is 11.6 Å². The monoisotopic (exact) mass is 403 g/mol. The second-order valence-corrected chi connectivity index (χ2v) is 8.95. The largest absolute Gasteiger partial charge is 0.345 e. The molecule has 3 saturated heterocycles. The Bertz CT molecular complexity index is 834. The van der Waals surface area contributed by atoms with Crippen molar-refractivity contribution in [2.24, 2.45) is 10.8 Å². The van der Waals surface area contributed by atoms with Crippen LogP contribution >= 0.6 is 11.6 Å². The Labute approximate surface area is 170 Å². The molecule has 0 bridgehead atoms. The van der Waals surface area contributed by atoms with Crippen LogP contribution < -0.4 is 0 Å². The van der Waals surface area contributed by atoms with Gasteiger partial charge in [0, 0.05) is 62.7 Å². The number of rotatable bonds is 1. The smallest absolute Gasteiger partial charge is 0.253 e. The number of hydrogen-bond donors (Lipinski definition) is 0. The maximum absolute atomic E-state index is 13.1. The molecule has 2 spiro atoms. The third-order valence-corrected chi connectivity index (χ3v) is 7.36. The number of nitrogens with zero attached hydrogens (tertiary/aromatic N) is 3. The maximum atomic E-state index is 13.1. The Morgan fingerprint density at radius 2 is 1.75 bits per heavy atom. The van der Waals surface area contributed by atoms with E-state index in [0.29, 0.717) is 36.8 Å². The summed E-state index contributed by atoms with van der Waals surface area (Å²) in [4.78, 5) is 43.6. The predicted molar refractivity (Wildman–Crippen MR) is 106 cm³/mol. The Morgan fingerprint density at radius 3 is 2.32 bits per heavy atom. The minimum Gasteiger partial charge on any atom is -0.345 e. The van der Waals surface area contributed by atoms with Crippen molar-refractivity contribution in [3.05, 3.63) is 34.9 Å². The number of fused-ring (bicyclic) bond motifs is 1. The van der Waals surface area contributed by atoms with E-state index < -0.39 is 5.41 Å². The highest BCUT2D eigenvalue weighted by Crippen LogP contribution is 2.57. The fourth-order valence-electron chi connectivity index (χ4n) is 5.44. The van der Waals surface area contributed by atoms with Gasteiger partial charge >= 0.3 is 0 Å². The minimum atomic E-state index is -0.501. The third-order valence-electron chi connectivity index (χ3n) is 7.12. The number of piperidine rings is 1. The van der Waals surface area contributed by atoms with Crippen LogP contribution in [-0.2, 0) is 9.59 Å². The van der Waals surface area contributed by atoms with Crippen molar-refractivity contribution >= 4 is 29.3 Å². The lowest BCUT2D eigenvalue weighted by Crippen LogP contribution is -2.53. The van der Waals surface area contributed by atoms with Crippen LogP contribution in [0.15, 0.2) is 24.3 Å². The van der Waals surface area contributed by atoms with Crippen LogP contribution in [0.25, 0.3) is 0 Å². The van der Waals surface area contributed by atoms with Gasteiger partial charge in [0.1, 0.15) is 0 Å². The van der Waals surface area contributed by atoms with Crippen LogP contribution in [0.4, 0.5) is 0 Å². The first kappa shape index (κ1) is 19.2. The van der Waals surface area contributed by atoms with E-state index in [1.165, 1.54) is 0 Å². The van der Waals surface area contributed by atoms with Gasteiger partial charge in [-0.1, -0.05) is 17.7 Å². The van der Waals surface area contributed by atoms with E-state index in [-0.39, 0.29) is 23.1 Å². The topological polar surface area (TPSA) is 60.9 Å². The van der Waals surface area contributed by atoms with Gasteiger partial charge in [-0.3, -0.25) is 14.4 Å². The van der Waals surface area contributed by atoms with Crippen LogP contribution in [0.5, 0.6) is 0 Å². The summed E-state index contributed by atoms with van der Waals surface area (Å²) in [5.74, 6) is 0.157. The van der Waals surface area contributed by atoms with Gasteiger partial charge in [0.15, 0.2) is 0 Å². The van der Waals surface area contributed by atoms with E-state index >= 15 is 0 Å². The SMILES string of the molecule is CC(=O)N1CC2(CCN(C(=O)c3cccc(Cl)c3)CC2)C2(CCN(C)C2=O)C1. The maximum Gasteiger partial charge on any atom is 0.253 e. The Morgan fingerprint density at radius 1 is 1.04 bits per heavy atom. The molecule has 7 heteroatoms. The molecule has 1 atom stereocenters. The van der Waals surface area contributed by atoms with Gasteiger partial charge in [0.05, 0.1) is 5.41 Å². The highest BCUT2D eigenvalue weighted by molar-refractivity contribution is 6.30. The van der Waals surface area contributed by atoms with Crippen molar-refractivity contribution in [1.82, 2.24) is 14.7 Å². The summed E-state index contributed by atoms with van der Waals surface area (Å²) in [6.45, 7) is 4.62. The number of benzene rings is 1. The molecular weight excluding hydrogens is 378 g/mol. The molecule has 3 heterocycles. The van der Waals surface area contributed by atoms with Crippen molar-refractivity contribution in [3.8, 4) is 0 Å². The Balaban J connectivity index is 1.57. The van der Waals surface area contributed by atoms with E-state index in [2.05, 4.69) is 0 Å². The summed E-state index contributed by atoms with van der Waals surface area (Å²) >= 11 is 6.03. The second-order valence-electron chi connectivity index (χ2n) is 8.52. The van der Waals surface area contributed by atoms with Crippen LogP contribution in [0.1, 0.15) is 36.5 Å². The molecule has 4 rings (SSSR count). The van der Waals surface area contributed by atoms with Crippen LogP contribution in [-0.4, -0.2) is 72.2 Å². The molecule has 0 saturated carbocycles. The van der Waals surface area contributed by atoms with Gasteiger partial charge in [0.25, 0.3) is 5.91 Å². The highest BCUT2D eigenvalue weighted by Gasteiger charge is 2.65. The zero-order chi connectivity index (χ0) is 20.1. The number of halogens is 1. The van der Waals surface area contributed by atoms with Gasteiger partial charge in [-0.15, -0.1) is 0 Å². The Kier molecular flexibility index (Phi) is 4.65. The molecule has 0 aromatic heterocycles. The fraction of sp³-hybridized carbons (Fsp3) is 0.571. The van der Waals surface area contributed by atoms with E-state index in [1.54, 1.807) is 36.1 Å². The summed E-state index contributed by atoms with van der Waals surface area (Å²) in [6, 6.07) is 7.01. The quantitative estimate of drug-likeness (QED) is 0.722. The summed E-state index contributed by atoms with van der Waals surface area (Å²) in [7, 11) is 1.85. The molecule has 3 fully saturated rings. The molecule has 0 aliphatic carbocycles. The van der Waals surface area contributed by atoms with E-state index in [1.807, 2.05) is 16.8 Å². The Hall–Kier alpha value is -2.08. The average Bonchev–Trinajstić information content (AvgIpc) is 3.15. The molecule has 1 aromatic rings. The standard InChI is InChI=1S/C21H26ClN3O3/c1-15(26)25-13-20(21(14-25)8-9-23(2)19(21)28)6-10-24(11-7-20)18(27)16-4-3-5-17(22)12-16/h3-5,12H,6-11,13-14H2,1-2H3. The molecule has 1 unspecified atom stereocenters. The molecule has 0 radical (unpaired) electrons. The molecule has 28 heavy (non-hydrogen) atoms. The van der Waals surface area contributed by atoms with Crippen molar-refractivity contribution in [2.75, 3.05) is 39.8 Å². The summed E-state index contributed by atoms with van der Waals surface area (Å²) in [6.07, 6.45) is 2.26.